The van der Waals surface area contributed by atoms with Gasteiger partial charge >= 0.3 is 5.97 Å². The number of nitrogens with two attached hydrogens (primary N) is 1. The number of nitrogens with zero attached hydrogens (tertiary/aromatic N) is 1. The highest BCUT2D eigenvalue weighted by Crippen LogP contribution is 2.34. The van der Waals surface area contributed by atoms with E-state index in [1.54, 1.807) is 0 Å². The summed E-state index contributed by atoms with van der Waals surface area (Å²) in [7, 11) is 2.07. The number of carboxylic acids is 1. The summed E-state index contributed by atoms with van der Waals surface area (Å²) in [4.78, 5) is 12.9. The maximum absolute atomic E-state index is 10.6. The molecule has 0 amide bonds. The summed E-state index contributed by atoms with van der Waals surface area (Å²) >= 11 is 0. The molecule has 4 heteroatoms. The Kier molecular flexibility index (Phi) is 3.87. The van der Waals surface area contributed by atoms with E-state index in [9.17, 15) is 4.79 Å². The van der Waals surface area contributed by atoms with Gasteiger partial charge in [0.2, 0.25) is 0 Å². The average molecular weight is 248 g/mol. The fraction of sp³-hybridized carbons (Fsp3) is 0.500. The number of anilines is 1. The van der Waals surface area contributed by atoms with E-state index < -0.39 is 5.97 Å². The van der Waals surface area contributed by atoms with Crippen LogP contribution in [0.1, 0.15) is 36.4 Å². The molecule has 1 aliphatic heterocycles. The maximum atomic E-state index is 10.6. The summed E-state index contributed by atoms with van der Waals surface area (Å²) in [5.74, 6) is -0.788. The Morgan fingerprint density at radius 1 is 1.56 bits per heavy atom. The normalized spacial score (nSPS) is 16.2. The van der Waals surface area contributed by atoms with Crippen LogP contribution < -0.4 is 10.6 Å². The van der Waals surface area contributed by atoms with Gasteiger partial charge < -0.3 is 15.7 Å². The van der Waals surface area contributed by atoms with E-state index in [1.165, 1.54) is 11.3 Å². The van der Waals surface area contributed by atoms with Crippen LogP contribution in [0.25, 0.3) is 0 Å². The van der Waals surface area contributed by atoms with Crippen LogP contribution in [-0.2, 0) is 11.2 Å². The van der Waals surface area contributed by atoms with Crippen LogP contribution in [0.2, 0.25) is 0 Å². The van der Waals surface area contributed by atoms with Crippen LogP contribution in [0.3, 0.4) is 0 Å². The predicted octanol–water partition coefficient (Wildman–Crippen LogP) is 1.93. The van der Waals surface area contributed by atoms with E-state index in [0.717, 1.165) is 24.9 Å². The largest absolute Gasteiger partial charge is 0.481 e. The summed E-state index contributed by atoms with van der Waals surface area (Å²) in [5.41, 5.74) is 9.75. The summed E-state index contributed by atoms with van der Waals surface area (Å²) in [6.45, 7) is 1.04. The average Bonchev–Trinajstić information content (AvgIpc) is 2.35. The van der Waals surface area contributed by atoms with Crippen molar-refractivity contribution in [2.45, 2.75) is 31.7 Å². The molecule has 1 aromatic rings. The molecule has 1 unspecified atom stereocenters. The minimum atomic E-state index is -0.788. The molecule has 0 saturated carbocycles. The molecular formula is C14H20N2O2. The summed E-state index contributed by atoms with van der Waals surface area (Å²) < 4.78 is 0. The molecule has 3 N–H and O–H groups in total. The molecule has 0 aromatic heterocycles. The third-order valence-electron chi connectivity index (χ3n) is 3.54. The van der Waals surface area contributed by atoms with Gasteiger partial charge in [-0.15, -0.1) is 0 Å². The Balaban J connectivity index is 2.24. The van der Waals surface area contributed by atoms with Crippen molar-refractivity contribution in [1.29, 1.82) is 0 Å². The van der Waals surface area contributed by atoms with Gasteiger partial charge in [0.1, 0.15) is 0 Å². The van der Waals surface area contributed by atoms with E-state index >= 15 is 0 Å². The van der Waals surface area contributed by atoms with Gasteiger partial charge in [-0.05, 0) is 30.4 Å². The molecule has 0 radical (unpaired) electrons. The first-order chi connectivity index (χ1) is 8.59. The second-order valence-corrected chi connectivity index (χ2v) is 4.92. The number of carbonyl (C=O) groups is 1. The van der Waals surface area contributed by atoms with Gasteiger partial charge in [0.25, 0.3) is 0 Å². The summed E-state index contributed by atoms with van der Waals surface area (Å²) in [5, 5.41) is 8.73. The number of hydrogen-bond donors (Lipinski definition) is 2. The lowest BCUT2D eigenvalue weighted by Gasteiger charge is -2.31. The SMILES string of the molecule is CN1CCCc2cccc(C(N)CCC(=O)O)c21. The van der Waals surface area contributed by atoms with Crippen LogP contribution in [0, 0.1) is 0 Å². The first-order valence-electron chi connectivity index (χ1n) is 6.40. The molecule has 1 heterocycles. The molecule has 0 bridgehead atoms. The molecular weight excluding hydrogens is 228 g/mol. The Labute approximate surface area is 107 Å². The minimum absolute atomic E-state index is 0.120. The lowest BCUT2D eigenvalue weighted by Crippen LogP contribution is -2.27. The highest BCUT2D eigenvalue weighted by Gasteiger charge is 2.20. The second-order valence-electron chi connectivity index (χ2n) is 4.92. The van der Waals surface area contributed by atoms with Crippen molar-refractivity contribution in [3.63, 3.8) is 0 Å². The van der Waals surface area contributed by atoms with Gasteiger partial charge in [0.15, 0.2) is 0 Å². The van der Waals surface area contributed by atoms with E-state index in [4.69, 9.17) is 10.8 Å². The smallest absolute Gasteiger partial charge is 0.303 e. The molecule has 18 heavy (non-hydrogen) atoms. The Morgan fingerprint density at radius 2 is 2.33 bits per heavy atom. The number of aryl methyl sites for hydroxylation is 1. The number of hydrogen-bond acceptors (Lipinski definition) is 3. The number of fused-ring (bicyclic) bond motifs is 1. The minimum Gasteiger partial charge on any atom is -0.481 e. The Bertz CT molecular complexity index is 445. The summed E-state index contributed by atoms with van der Waals surface area (Å²) in [6, 6.07) is 5.98. The first-order valence-corrected chi connectivity index (χ1v) is 6.40. The fourth-order valence-electron chi connectivity index (χ4n) is 2.63. The molecule has 4 nitrogen and oxygen atoms in total. The molecule has 0 aliphatic carbocycles. The highest BCUT2D eigenvalue weighted by atomic mass is 16.4. The molecule has 1 aliphatic rings. The van der Waals surface area contributed by atoms with Crippen molar-refractivity contribution in [3.8, 4) is 0 Å². The van der Waals surface area contributed by atoms with Crippen molar-refractivity contribution in [2.75, 3.05) is 18.5 Å². The summed E-state index contributed by atoms with van der Waals surface area (Å²) in [6.07, 6.45) is 2.85. The molecule has 0 fully saturated rings. The number of para-hydroxylation sites is 1. The van der Waals surface area contributed by atoms with Gasteiger partial charge in [-0.2, -0.15) is 0 Å². The number of rotatable bonds is 4. The molecule has 0 spiro atoms. The Morgan fingerprint density at radius 3 is 3.06 bits per heavy atom. The van der Waals surface area contributed by atoms with Crippen LogP contribution in [0.5, 0.6) is 0 Å². The first kappa shape index (κ1) is 12.9. The second kappa shape index (κ2) is 5.40. The standard InChI is InChI=1S/C14H20N2O2/c1-16-9-3-5-10-4-2-6-11(14(10)16)12(15)7-8-13(17)18/h2,4,6,12H,3,5,7-9,15H2,1H3,(H,17,18). The van der Waals surface area contributed by atoms with E-state index in [-0.39, 0.29) is 12.5 Å². The van der Waals surface area contributed by atoms with Gasteiger partial charge in [-0.1, -0.05) is 18.2 Å². The lowest BCUT2D eigenvalue weighted by atomic mass is 9.93. The molecule has 1 aromatic carbocycles. The van der Waals surface area contributed by atoms with E-state index in [2.05, 4.69) is 18.0 Å². The van der Waals surface area contributed by atoms with E-state index in [1.807, 2.05) is 12.1 Å². The molecule has 1 atom stereocenters. The van der Waals surface area contributed by atoms with Crippen molar-refractivity contribution >= 4 is 11.7 Å². The zero-order chi connectivity index (χ0) is 13.1. The third-order valence-corrected chi connectivity index (χ3v) is 3.54. The van der Waals surface area contributed by atoms with Crippen molar-refractivity contribution in [2.24, 2.45) is 5.73 Å². The molecule has 98 valence electrons. The molecule has 0 saturated heterocycles. The van der Waals surface area contributed by atoms with Gasteiger partial charge in [0, 0.05) is 31.7 Å². The van der Waals surface area contributed by atoms with Gasteiger partial charge in [0.05, 0.1) is 0 Å². The third kappa shape index (κ3) is 2.64. The van der Waals surface area contributed by atoms with E-state index in [0.29, 0.717) is 6.42 Å². The lowest BCUT2D eigenvalue weighted by molar-refractivity contribution is -0.137. The number of carboxylic acid groups (broad SMARTS) is 1. The monoisotopic (exact) mass is 248 g/mol. The number of aliphatic carboxylic acids is 1. The quantitative estimate of drug-likeness (QED) is 0.854. The molecule has 2 rings (SSSR count). The van der Waals surface area contributed by atoms with Gasteiger partial charge in [-0.25, -0.2) is 0 Å². The van der Waals surface area contributed by atoms with Crippen LogP contribution in [-0.4, -0.2) is 24.7 Å². The van der Waals surface area contributed by atoms with Crippen molar-refractivity contribution in [3.05, 3.63) is 29.3 Å². The Hall–Kier alpha value is -1.55. The predicted molar refractivity (Wildman–Crippen MR) is 71.8 cm³/mol. The topological polar surface area (TPSA) is 66.6 Å². The van der Waals surface area contributed by atoms with Crippen molar-refractivity contribution in [1.82, 2.24) is 0 Å². The van der Waals surface area contributed by atoms with Crippen LogP contribution >= 0.6 is 0 Å². The zero-order valence-corrected chi connectivity index (χ0v) is 10.7. The zero-order valence-electron chi connectivity index (χ0n) is 10.7. The van der Waals surface area contributed by atoms with Crippen molar-refractivity contribution < 1.29 is 9.90 Å². The van der Waals surface area contributed by atoms with Crippen LogP contribution in [0.15, 0.2) is 18.2 Å². The fourth-order valence-corrected chi connectivity index (χ4v) is 2.63. The van der Waals surface area contributed by atoms with Crippen LogP contribution in [0.4, 0.5) is 5.69 Å². The van der Waals surface area contributed by atoms with Gasteiger partial charge in [-0.3, -0.25) is 4.79 Å². The highest BCUT2D eigenvalue weighted by molar-refractivity contribution is 5.67. The number of benzene rings is 1. The maximum Gasteiger partial charge on any atom is 0.303 e.